The van der Waals surface area contributed by atoms with Gasteiger partial charge in [-0.25, -0.2) is 0 Å². The lowest BCUT2D eigenvalue weighted by Gasteiger charge is -1.93. The summed E-state index contributed by atoms with van der Waals surface area (Å²) in [5.74, 6) is 0. The van der Waals surface area contributed by atoms with Crippen LogP contribution in [0.15, 0.2) is 30.3 Å². The van der Waals surface area contributed by atoms with Gasteiger partial charge in [0.25, 0.3) is 0 Å². The molecule has 0 heterocycles. The van der Waals surface area contributed by atoms with Crippen LogP contribution in [-0.4, -0.2) is 6.54 Å². The molecule has 0 aliphatic rings. The summed E-state index contributed by atoms with van der Waals surface area (Å²) in [4.78, 5) is 0. The summed E-state index contributed by atoms with van der Waals surface area (Å²) in [6.07, 6.45) is 0.987. The molecule has 0 saturated heterocycles. The fraction of sp³-hybridized carbons (Fsp3) is 0.250. The van der Waals surface area contributed by atoms with E-state index in [4.69, 9.17) is 5.73 Å². The summed E-state index contributed by atoms with van der Waals surface area (Å²) < 4.78 is 0. The molecule has 0 aliphatic carbocycles. The van der Waals surface area contributed by atoms with Crippen LogP contribution in [0.5, 0.6) is 0 Å². The molecule has 0 atom stereocenters. The summed E-state index contributed by atoms with van der Waals surface area (Å²) in [7, 11) is 0. The fourth-order valence-electron chi connectivity index (χ4n) is 0.811. The molecule has 1 aromatic rings. The maximum atomic E-state index is 5.36. The number of nitrogens with two attached hydrogens (primary N) is 1. The van der Waals surface area contributed by atoms with Gasteiger partial charge in [-0.2, -0.15) is 0 Å². The highest BCUT2D eigenvalue weighted by atomic mass is 127. The van der Waals surface area contributed by atoms with Crippen molar-refractivity contribution in [2.45, 2.75) is 6.42 Å². The number of halogens is 1. The van der Waals surface area contributed by atoms with Crippen LogP contribution < -0.4 is 29.7 Å². The minimum Gasteiger partial charge on any atom is -0.330 e. The standard InChI is InChI=1S/C8H11N.H2I/c9-7-6-8-4-2-1-3-5-8;/h1-5H,6-7,9H2;1H2/q;+1. The Morgan fingerprint density at radius 1 is 1.10 bits per heavy atom. The molecule has 2 heteroatoms. The average molecular weight is 250 g/mol. The first-order valence-electron chi connectivity index (χ1n) is 3.17. The molecule has 0 unspecified atom stereocenters. The second-order valence-electron chi connectivity index (χ2n) is 2.02. The summed E-state index contributed by atoms with van der Waals surface area (Å²) in [6.45, 7) is 0.740. The van der Waals surface area contributed by atoms with Gasteiger partial charge in [-0.15, -0.1) is 0 Å². The normalized spacial score (nSPS) is 8.50. The topological polar surface area (TPSA) is 26.0 Å². The Labute approximate surface area is 78.6 Å². The van der Waals surface area contributed by atoms with Gasteiger partial charge in [0.05, 0.1) is 0 Å². The molecule has 0 bridgehead atoms. The minimum absolute atomic E-state index is 0. The van der Waals surface area contributed by atoms with E-state index in [0.717, 1.165) is 13.0 Å². The Morgan fingerprint density at radius 3 is 2.20 bits per heavy atom. The van der Waals surface area contributed by atoms with Crippen LogP contribution in [0.1, 0.15) is 5.56 Å². The van der Waals surface area contributed by atoms with E-state index >= 15 is 0 Å². The van der Waals surface area contributed by atoms with Crippen LogP contribution >= 0.6 is 0 Å². The Kier molecular flexibility index (Phi) is 5.63. The van der Waals surface area contributed by atoms with E-state index in [1.54, 1.807) is 0 Å². The van der Waals surface area contributed by atoms with E-state index < -0.39 is 0 Å². The molecule has 2 N–H and O–H groups in total. The Bertz CT molecular complexity index is 162. The van der Waals surface area contributed by atoms with Crippen molar-refractivity contribution >= 4 is 0 Å². The molecule has 0 radical (unpaired) electrons. The smallest absolute Gasteiger partial charge is 0.235 e. The predicted molar refractivity (Wildman–Crippen MR) is 42.0 cm³/mol. The van der Waals surface area contributed by atoms with Gasteiger partial charge >= 0.3 is 0 Å². The molecule has 0 spiro atoms. The van der Waals surface area contributed by atoms with Crippen LogP contribution in [0.4, 0.5) is 0 Å². The fourth-order valence-corrected chi connectivity index (χ4v) is 0.811. The molecule has 10 heavy (non-hydrogen) atoms. The first-order chi connectivity index (χ1) is 4.43. The van der Waals surface area contributed by atoms with Crippen molar-refractivity contribution in [3.63, 3.8) is 0 Å². The number of benzene rings is 1. The lowest BCUT2D eigenvalue weighted by atomic mass is 10.2. The van der Waals surface area contributed by atoms with Gasteiger partial charge in [-0.05, 0) is 18.5 Å². The molecular formula is C8H13IN+. The van der Waals surface area contributed by atoms with Crippen LogP contribution in [0.25, 0.3) is 0 Å². The van der Waals surface area contributed by atoms with E-state index in [1.807, 2.05) is 18.2 Å². The quantitative estimate of drug-likeness (QED) is 0.585. The van der Waals surface area contributed by atoms with Gasteiger partial charge in [-0.1, -0.05) is 30.3 Å². The first-order valence-corrected chi connectivity index (χ1v) is 3.17. The zero-order chi connectivity index (χ0) is 6.53. The van der Waals surface area contributed by atoms with Crippen molar-refractivity contribution in [1.82, 2.24) is 0 Å². The van der Waals surface area contributed by atoms with Crippen molar-refractivity contribution in [3.05, 3.63) is 35.9 Å². The monoisotopic (exact) mass is 250 g/mol. The van der Waals surface area contributed by atoms with Gasteiger partial charge in [0.15, 0.2) is 0 Å². The van der Waals surface area contributed by atoms with Gasteiger partial charge in [0, 0.05) is 0 Å². The lowest BCUT2D eigenvalue weighted by Crippen LogP contribution is -3.00. The molecular weight excluding hydrogens is 237 g/mol. The highest BCUT2D eigenvalue weighted by molar-refractivity contribution is 5.14. The van der Waals surface area contributed by atoms with E-state index in [2.05, 4.69) is 12.1 Å². The van der Waals surface area contributed by atoms with Gasteiger partial charge in [-0.3, -0.25) is 0 Å². The maximum absolute atomic E-state index is 5.36. The largest absolute Gasteiger partial charge is 0.330 e. The third kappa shape index (κ3) is 3.17. The predicted octanol–water partition coefficient (Wildman–Crippen LogP) is -2.34. The van der Waals surface area contributed by atoms with Crippen molar-refractivity contribution in [2.75, 3.05) is 6.54 Å². The Morgan fingerprint density at radius 2 is 1.70 bits per heavy atom. The molecule has 56 valence electrons. The van der Waals surface area contributed by atoms with Crippen LogP contribution in [0.2, 0.25) is 0 Å². The minimum atomic E-state index is 0. The van der Waals surface area contributed by atoms with E-state index in [1.165, 1.54) is 5.56 Å². The SMILES string of the molecule is NCCc1ccccc1.[IH2+]. The Hall–Kier alpha value is -0.0900. The Balaban J connectivity index is 0.000000810. The zero-order valence-corrected chi connectivity index (χ0v) is 8.38. The molecule has 1 rings (SSSR count). The van der Waals surface area contributed by atoms with Crippen LogP contribution in [0.3, 0.4) is 0 Å². The number of hydrogen-bond donors (Lipinski definition) is 1. The molecule has 0 fully saturated rings. The third-order valence-corrected chi connectivity index (χ3v) is 1.28. The molecule has 0 aliphatic heterocycles. The van der Waals surface area contributed by atoms with Crippen molar-refractivity contribution in [2.24, 2.45) is 5.73 Å². The molecule has 0 saturated carbocycles. The first kappa shape index (κ1) is 9.91. The van der Waals surface area contributed by atoms with Crippen molar-refractivity contribution < 1.29 is 24.0 Å². The summed E-state index contributed by atoms with van der Waals surface area (Å²) >= 11 is 0. The highest BCUT2D eigenvalue weighted by Gasteiger charge is 1.84. The third-order valence-electron chi connectivity index (χ3n) is 1.28. The zero-order valence-electron chi connectivity index (χ0n) is 5.83. The van der Waals surface area contributed by atoms with Gasteiger partial charge in [0.1, 0.15) is 0 Å². The van der Waals surface area contributed by atoms with Crippen molar-refractivity contribution in [1.29, 1.82) is 0 Å². The molecule has 0 amide bonds. The lowest BCUT2D eigenvalue weighted by molar-refractivity contribution is -0.00000196. The summed E-state index contributed by atoms with van der Waals surface area (Å²) in [5, 5.41) is 0. The van der Waals surface area contributed by atoms with E-state index in [-0.39, 0.29) is 24.0 Å². The summed E-state index contributed by atoms with van der Waals surface area (Å²) in [5.41, 5.74) is 6.68. The van der Waals surface area contributed by atoms with Gasteiger partial charge in [0.2, 0.25) is 24.0 Å². The van der Waals surface area contributed by atoms with Crippen LogP contribution in [-0.2, 0) is 6.42 Å². The maximum Gasteiger partial charge on any atom is 0.235 e. The molecule has 1 nitrogen and oxygen atoms in total. The number of rotatable bonds is 2. The van der Waals surface area contributed by atoms with Crippen LogP contribution in [0, 0.1) is 0 Å². The summed E-state index contributed by atoms with van der Waals surface area (Å²) in [6, 6.07) is 10.3. The van der Waals surface area contributed by atoms with E-state index in [9.17, 15) is 0 Å². The molecule has 0 aromatic heterocycles. The average Bonchev–Trinajstić information content (AvgIpc) is 1.91. The van der Waals surface area contributed by atoms with Gasteiger partial charge < -0.3 is 5.73 Å². The number of hydrogen-bond acceptors (Lipinski definition) is 1. The second-order valence-corrected chi connectivity index (χ2v) is 2.02. The molecule has 1 aromatic carbocycles. The second kappa shape index (κ2) is 5.68. The van der Waals surface area contributed by atoms with E-state index in [0.29, 0.717) is 0 Å². The van der Waals surface area contributed by atoms with Crippen molar-refractivity contribution in [3.8, 4) is 0 Å². The highest BCUT2D eigenvalue weighted by Crippen LogP contribution is 1.96.